The second-order valence-electron chi connectivity index (χ2n) is 5.67. The van der Waals surface area contributed by atoms with Crippen LogP contribution in [0.2, 0.25) is 0 Å². The van der Waals surface area contributed by atoms with Gasteiger partial charge in [-0.25, -0.2) is 0 Å². The van der Waals surface area contributed by atoms with Crippen molar-refractivity contribution in [2.75, 3.05) is 7.11 Å². The minimum absolute atomic E-state index is 0.0706. The largest absolute Gasteiger partial charge is 0.504 e. The Morgan fingerprint density at radius 2 is 1.83 bits per heavy atom. The molecule has 0 saturated heterocycles. The molecule has 5 N–H and O–H groups in total. The van der Waals surface area contributed by atoms with Crippen LogP contribution >= 0.6 is 0 Å². The van der Waals surface area contributed by atoms with Crippen LogP contribution in [0.4, 0.5) is 0 Å². The molecule has 0 bridgehead atoms. The fourth-order valence-corrected chi connectivity index (χ4v) is 2.97. The number of rotatable bonds is 3. The summed E-state index contributed by atoms with van der Waals surface area (Å²) in [6, 6.07) is 6.13. The van der Waals surface area contributed by atoms with Crippen LogP contribution in [-0.4, -0.2) is 39.5 Å². The Bertz CT molecular complexity index is 804. The fourth-order valence-electron chi connectivity index (χ4n) is 2.97. The number of hydrogen-bond acceptors (Lipinski definition) is 6. The predicted molar refractivity (Wildman–Crippen MR) is 84.5 cm³/mol. The van der Waals surface area contributed by atoms with Crippen LogP contribution in [-0.2, 0) is 11.2 Å². The van der Waals surface area contributed by atoms with Gasteiger partial charge in [-0.1, -0.05) is 6.07 Å². The molecule has 24 heavy (non-hydrogen) atoms. The normalized spacial score (nSPS) is 19.5. The summed E-state index contributed by atoms with van der Waals surface area (Å²) < 4.78 is 5.01. The van der Waals surface area contributed by atoms with Gasteiger partial charge >= 0.3 is 5.97 Å². The number of phenols is 3. The minimum Gasteiger partial charge on any atom is -0.504 e. The highest BCUT2D eigenvalue weighted by Gasteiger charge is 2.32. The van der Waals surface area contributed by atoms with Crippen LogP contribution in [0.3, 0.4) is 0 Å². The summed E-state index contributed by atoms with van der Waals surface area (Å²) in [6.07, 6.45) is 0.178. The van der Waals surface area contributed by atoms with Gasteiger partial charge in [-0.05, 0) is 47.4 Å². The average molecular weight is 331 g/mol. The van der Waals surface area contributed by atoms with Gasteiger partial charge in [0.25, 0.3) is 0 Å². The van der Waals surface area contributed by atoms with Crippen LogP contribution in [0.1, 0.15) is 22.7 Å². The van der Waals surface area contributed by atoms with Gasteiger partial charge in [0.2, 0.25) is 0 Å². The van der Waals surface area contributed by atoms with E-state index < -0.39 is 18.1 Å². The predicted octanol–water partition coefficient (Wildman–Crippen LogP) is 1.50. The van der Waals surface area contributed by atoms with Crippen molar-refractivity contribution in [2.45, 2.75) is 18.5 Å². The Hall–Kier alpha value is -2.93. The maximum Gasteiger partial charge on any atom is 0.321 e. The number of benzene rings is 2. The van der Waals surface area contributed by atoms with E-state index in [0.717, 1.165) is 0 Å². The first kappa shape index (κ1) is 15.9. The molecule has 2 atom stereocenters. The Kier molecular flexibility index (Phi) is 3.94. The topological polar surface area (TPSA) is 119 Å². The third kappa shape index (κ3) is 2.69. The van der Waals surface area contributed by atoms with E-state index in [1.807, 2.05) is 0 Å². The van der Waals surface area contributed by atoms with Crippen molar-refractivity contribution in [3.63, 3.8) is 0 Å². The minimum atomic E-state index is -1.02. The zero-order valence-corrected chi connectivity index (χ0v) is 12.9. The van der Waals surface area contributed by atoms with E-state index in [0.29, 0.717) is 22.4 Å². The van der Waals surface area contributed by atoms with Crippen molar-refractivity contribution >= 4 is 5.97 Å². The van der Waals surface area contributed by atoms with E-state index in [-0.39, 0.29) is 23.7 Å². The molecule has 0 aromatic heterocycles. The Morgan fingerprint density at radius 1 is 1.12 bits per heavy atom. The zero-order valence-electron chi connectivity index (χ0n) is 12.9. The number of phenolic OH excluding ortho intramolecular Hbond substituents is 3. The number of carboxylic acids is 1. The Labute approximate surface area is 137 Å². The number of aromatic hydroxyl groups is 3. The lowest BCUT2D eigenvalue weighted by Crippen LogP contribution is -2.45. The van der Waals surface area contributed by atoms with Gasteiger partial charge < -0.3 is 25.2 Å². The van der Waals surface area contributed by atoms with Crippen molar-refractivity contribution in [1.29, 1.82) is 0 Å². The third-order valence-corrected chi connectivity index (χ3v) is 4.17. The van der Waals surface area contributed by atoms with Crippen molar-refractivity contribution < 1.29 is 30.0 Å². The first-order valence-electron chi connectivity index (χ1n) is 7.31. The summed E-state index contributed by atoms with van der Waals surface area (Å²) in [5.74, 6) is -1.36. The number of carbonyl (C=O) groups is 1. The molecule has 0 amide bonds. The summed E-state index contributed by atoms with van der Waals surface area (Å²) in [6.45, 7) is 0. The first-order chi connectivity index (χ1) is 11.4. The number of aliphatic carboxylic acids is 1. The molecule has 0 aliphatic carbocycles. The molecule has 1 heterocycles. The van der Waals surface area contributed by atoms with Gasteiger partial charge in [-0.2, -0.15) is 0 Å². The van der Waals surface area contributed by atoms with Gasteiger partial charge in [0, 0.05) is 0 Å². The first-order valence-corrected chi connectivity index (χ1v) is 7.31. The summed E-state index contributed by atoms with van der Waals surface area (Å²) in [5.41, 5.74) is 1.88. The molecule has 0 fully saturated rings. The molecule has 0 saturated carbocycles. The average Bonchev–Trinajstić information content (AvgIpc) is 2.55. The second kappa shape index (κ2) is 5.93. The number of nitrogens with one attached hydrogen (secondary N) is 1. The fraction of sp³-hybridized carbons (Fsp3) is 0.235. The molecule has 7 heteroatoms. The summed E-state index contributed by atoms with van der Waals surface area (Å²) in [7, 11) is 1.43. The van der Waals surface area contributed by atoms with E-state index in [4.69, 9.17) is 4.74 Å². The molecule has 2 aromatic carbocycles. The lowest BCUT2D eigenvalue weighted by molar-refractivity contribution is -0.139. The van der Waals surface area contributed by atoms with Gasteiger partial charge in [0.15, 0.2) is 23.0 Å². The lowest BCUT2D eigenvalue weighted by Gasteiger charge is -2.32. The van der Waals surface area contributed by atoms with Crippen molar-refractivity contribution in [3.8, 4) is 23.0 Å². The summed E-state index contributed by atoms with van der Waals surface area (Å²) >= 11 is 0. The second-order valence-corrected chi connectivity index (χ2v) is 5.67. The molecular formula is C17H17NO6. The van der Waals surface area contributed by atoms with E-state index in [1.54, 1.807) is 12.1 Å². The Morgan fingerprint density at radius 3 is 2.46 bits per heavy atom. The van der Waals surface area contributed by atoms with E-state index in [2.05, 4.69) is 5.32 Å². The van der Waals surface area contributed by atoms with Gasteiger partial charge in [-0.3, -0.25) is 10.1 Å². The van der Waals surface area contributed by atoms with E-state index in [9.17, 15) is 25.2 Å². The molecule has 1 aliphatic rings. The smallest absolute Gasteiger partial charge is 0.321 e. The highest BCUT2D eigenvalue weighted by molar-refractivity contribution is 5.75. The number of methoxy groups -OCH3 is 1. The van der Waals surface area contributed by atoms with Crippen LogP contribution in [0.5, 0.6) is 23.0 Å². The van der Waals surface area contributed by atoms with Gasteiger partial charge in [-0.15, -0.1) is 0 Å². The quantitative estimate of drug-likeness (QED) is 0.541. The molecular weight excluding hydrogens is 314 g/mol. The standard InChI is InChI=1S/C17H17NO6/c1-24-15-3-2-8(5-14(15)21)16-10-7-13(20)12(19)6-9(10)4-11(18-16)17(22)23/h2-3,5-7,11,16,18-21H,4H2,1H3,(H,22,23)/t11-,16-/m0/s1. The van der Waals surface area contributed by atoms with Crippen LogP contribution in [0, 0.1) is 0 Å². The molecule has 2 aromatic rings. The zero-order chi connectivity index (χ0) is 17.4. The highest BCUT2D eigenvalue weighted by atomic mass is 16.5. The number of hydrogen-bond donors (Lipinski definition) is 5. The summed E-state index contributed by atoms with van der Waals surface area (Å²) in [5, 5.41) is 41.8. The number of fused-ring (bicyclic) bond motifs is 1. The number of carboxylic acid groups (broad SMARTS) is 1. The van der Waals surface area contributed by atoms with Crippen molar-refractivity contribution in [3.05, 3.63) is 47.0 Å². The lowest BCUT2D eigenvalue weighted by atomic mass is 9.86. The van der Waals surface area contributed by atoms with E-state index >= 15 is 0 Å². The third-order valence-electron chi connectivity index (χ3n) is 4.17. The molecule has 3 rings (SSSR count). The van der Waals surface area contributed by atoms with Crippen LogP contribution in [0.15, 0.2) is 30.3 Å². The summed E-state index contributed by atoms with van der Waals surface area (Å²) in [4.78, 5) is 11.4. The van der Waals surface area contributed by atoms with Crippen LogP contribution in [0.25, 0.3) is 0 Å². The maximum absolute atomic E-state index is 11.4. The van der Waals surface area contributed by atoms with Crippen LogP contribution < -0.4 is 10.1 Å². The highest BCUT2D eigenvalue weighted by Crippen LogP contribution is 2.39. The molecule has 1 aliphatic heterocycles. The molecule has 0 unspecified atom stereocenters. The van der Waals surface area contributed by atoms with Crippen molar-refractivity contribution in [2.24, 2.45) is 0 Å². The number of ether oxygens (including phenoxy) is 1. The monoisotopic (exact) mass is 331 g/mol. The van der Waals surface area contributed by atoms with Crippen molar-refractivity contribution in [1.82, 2.24) is 5.32 Å². The maximum atomic E-state index is 11.4. The van der Waals surface area contributed by atoms with Gasteiger partial charge in [0.1, 0.15) is 6.04 Å². The molecule has 0 spiro atoms. The molecule has 126 valence electrons. The molecule has 7 nitrogen and oxygen atoms in total. The van der Waals surface area contributed by atoms with Gasteiger partial charge in [0.05, 0.1) is 13.2 Å². The van der Waals surface area contributed by atoms with E-state index in [1.165, 1.54) is 25.3 Å². The SMILES string of the molecule is COc1ccc([C@@H]2N[C@H](C(=O)O)Cc3cc(O)c(O)cc32)cc1O. The Balaban J connectivity index is 2.11. The molecule has 0 radical (unpaired) electrons.